The molecule has 9 nitrogen and oxygen atoms in total. The molecule has 1 aromatic rings. The van der Waals surface area contributed by atoms with Gasteiger partial charge in [0.2, 0.25) is 0 Å². The van der Waals surface area contributed by atoms with Crippen molar-refractivity contribution in [3.8, 4) is 5.75 Å². The molecule has 1 amide bonds. The van der Waals surface area contributed by atoms with E-state index in [1.54, 1.807) is 12.1 Å². The first-order valence-electron chi connectivity index (χ1n) is 11.9. The molecule has 0 aliphatic carbocycles. The minimum atomic E-state index is -0.667. The number of esters is 1. The zero-order valence-corrected chi connectivity index (χ0v) is 20.7. The van der Waals surface area contributed by atoms with E-state index in [0.29, 0.717) is 43.7 Å². The van der Waals surface area contributed by atoms with Crippen LogP contribution in [-0.2, 0) is 23.7 Å². The first-order chi connectivity index (χ1) is 16.8. The van der Waals surface area contributed by atoms with Crippen LogP contribution in [-0.4, -0.2) is 63.2 Å². The molecule has 2 saturated heterocycles. The van der Waals surface area contributed by atoms with Gasteiger partial charge in [-0.05, 0) is 45.2 Å². The maximum Gasteiger partial charge on any atom is 0.414 e. The summed E-state index contributed by atoms with van der Waals surface area (Å²) in [6.07, 6.45) is 8.64. The van der Waals surface area contributed by atoms with E-state index in [0.717, 1.165) is 0 Å². The van der Waals surface area contributed by atoms with E-state index in [1.807, 2.05) is 45.1 Å². The quantitative estimate of drug-likeness (QED) is 0.350. The second kappa shape index (κ2) is 10.8. The first-order valence-corrected chi connectivity index (χ1v) is 11.9. The summed E-state index contributed by atoms with van der Waals surface area (Å²) in [6.45, 7) is 6.29. The number of hydrogen-bond acceptors (Lipinski definition) is 8. The van der Waals surface area contributed by atoms with Gasteiger partial charge in [0.1, 0.15) is 24.0 Å². The number of nitrogens with zero attached hydrogens (tertiary/aromatic N) is 1. The van der Waals surface area contributed by atoms with Crippen LogP contribution in [0.2, 0.25) is 0 Å². The molecule has 0 unspecified atom stereocenters. The molecule has 0 bridgehead atoms. The van der Waals surface area contributed by atoms with Crippen LogP contribution in [0.5, 0.6) is 5.75 Å². The standard InChI is InChI=1S/C26H33NO8/c1-17-8-5-6-10-20-21(35-26(2,3)34-20)11-7-9-18-14-19(27-12-13-31-25(27)29)15-22(32-16-30-4)23(18)24(28)33-17/h5-7,9,14-15,17,20-21H,8,10-13,16H2,1-4H3/b6-5-,9-7?/t17-,20+,21-/m0/s1. The number of amides is 1. The van der Waals surface area contributed by atoms with Crippen molar-refractivity contribution in [1.29, 1.82) is 0 Å². The van der Waals surface area contributed by atoms with Crippen LogP contribution in [0.4, 0.5) is 10.5 Å². The predicted molar refractivity (Wildman–Crippen MR) is 128 cm³/mol. The first kappa shape index (κ1) is 25.2. The van der Waals surface area contributed by atoms with Crippen molar-refractivity contribution >= 4 is 23.8 Å². The molecular formula is C26H33NO8. The van der Waals surface area contributed by atoms with Gasteiger partial charge in [0.15, 0.2) is 12.6 Å². The molecule has 4 rings (SSSR count). The van der Waals surface area contributed by atoms with Crippen molar-refractivity contribution in [2.75, 3.05) is 32.0 Å². The van der Waals surface area contributed by atoms with Gasteiger partial charge in [-0.2, -0.15) is 0 Å². The van der Waals surface area contributed by atoms with E-state index in [4.69, 9.17) is 28.4 Å². The van der Waals surface area contributed by atoms with Crippen LogP contribution in [0, 0.1) is 0 Å². The summed E-state index contributed by atoms with van der Waals surface area (Å²) < 4.78 is 33.9. The Morgan fingerprint density at radius 2 is 1.77 bits per heavy atom. The molecule has 0 spiro atoms. The van der Waals surface area contributed by atoms with Crippen LogP contribution in [0.1, 0.15) is 56.0 Å². The molecule has 0 aromatic heterocycles. The molecule has 190 valence electrons. The number of cyclic esters (lactones) is 2. The second-order valence-corrected chi connectivity index (χ2v) is 9.23. The number of benzene rings is 1. The molecule has 35 heavy (non-hydrogen) atoms. The molecular weight excluding hydrogens is 454 g/mol. The number of anilines is 1. The minimum absolute atomic E-state index is 0.0698. The highest BCUT2D eigenvalue weighted by Gasteiger charge is 2.39. The van der Waals surface area contributed by atoms with Crippen molar-refractivity contribution in [2.24, 2.45) is 0 Å². The zero-order chi connectivity index (χ0) is 25.0. The van der Waals surface area contributed by atoms with E-state index >= 15 is 0 Å². The summed E-state index contributed by atoms with van der Waals surface area (Å²) in [4.78, 5) is 27.0. The number of methoxy groups -OCH3 is 1. The maximum absolute atomic E-state index is 13.3. The maximum atomic E-state index is 13.3. The highest BCUT2D eigenvalue weighted by Crippen LogP contribution is 2.35. The molecule has 0 N–H and O–H groups in total. The normalized spacial score (nSPS) is 27.4. The number of ether oxygens (including phenoxy) is 6. The second-order valence-electron chi connectivity index (χ2n) is 9.23. The zero-order valence-electron chi connectivity index (χ0n) is 20.7. The lowest BCUT2D eigenvalue weighted by Gasteiger charge is -2.20. The molecule has 2 fully saturated rings. The van der Waals surface area contributed by atoms with Gasteiger partial charge < -0.3 is 28.4 Å². The Kier molecular flexibility index (Phi) is 7.78. The lowest BCUT2D eigenvalue weighted by Crippen LogP contribution is -2.24. The number of carbonyl (C=O) groups excluding carboxylic acids is 2. The van der Waals surface area contributed by atoms with Crippen molar-refractivity contribution in [2.45, 2.75) is 64.1 Å². The molecule has 3 aliphatic rings. The number of rotatable bonds is 4. The van der Waals surface area contributed by atoms with Crippen molar-refractivity contribution in [3.05, 3.63) is 41.5 Å². The van der Waals surface area contributed by atoms with Crippen LogP contribution in [0.15, 0.2) is 30.4 Å². The van der Waals surface area contributed by atoms with Crippen molar-refractivity contribution in [1.82, 2.24) is 0 Å². The number of carbonyl (C=O) groups is 2. The van der Waals surface area contributed by atoms with Crippen LogP contribution < -0.4 is 9.64 Å². The van der Waals surface area contributed by atoms with Gasteiger partial charge in [0, 0.05) is 19.6 Å². The Hall–Kier alpha value is -2.88. The lowest BCUT2D eigenvalue weighted by atomic mass is 10.0. The predicted octanol–water partition coefficient (Wildman–Crippen LogP) is 4.44. The number of fused-ring (bicyclic) bond motifs is 2. The minimum Gasteiger partial charge on any atom is -0.467 e. The van der Waals surface area contributed by atoms with Gasteiger partial charge in [0.05, 0.1) is 24.4 Å². The fourth-order valence-corrected chi connectivity index (χ4v) is 4.44. The third-order valence-corrected chi connectivity index (χ3v) is 5.99. The highest BCUT2D eigenvalue weighted by molar-refractivity contribution is 5.99. The summed E-state index contributed by atoms with van der Waals surface area (Å²) in [5, 5.41) is 0. The fourth-order valence-electron chi connectivity index (χ4n) is 4.44. The molecule has 3 atom stereocenters. The van der Waals surface area contributed by atoms with Gasteiger partial charge in [-0.25, -0.2) is 9.59 Å². The van der Waals surface area contributed by atoms with Gasteiger partial charge >= 0.3 is 12.1 Å². The topological polar surface area (TPSA) is 92.8 Å². The average Bonchev–Trinajstić information content (AvgIpc) is 3.36. The van der Waals surface area contributed by atoms with Crippen LogP contribution in [0.25, 0.3) is 6.08 Å². The summed E-state index contributed by atoms with van der Waals surface area (Å²) >= 11 is 0. The Morgan fingerprint density at radius 3 is 2.46 bits per heavy atom. The Morgan fingerprint density at radius 1 is 1.06 bits per heavy atom. The van der Waals surface area contributed by atoms with E-state index < -0.39 is 17.8 Å². The van der Waals surface area contributed by atoms with Gasteiger partial charge in [-0.15, -0.1) is 0 Å². The van der Waals surface area contributed by atoms with Gasteiger partial charge in [-0.3, -0.25) is 4.90 Å². The lowest BCUT2D eigenvalue weighted by molar-refractivity contribution is -0.145. The average molecular weight is 488 g/mol. The van der Waals surface area contributed by atoms with E-state index in [1.165, 1.54) is 12.0 Å². The molecule has 0 radical (unpaired) electrons. The molecule has 9 heteroatoms. The third-order valence-electron chi connectivity index (χ3n) is 5.99. The molecule has 3 aliphatic heterocycles. The largest absolute Gasteiger partial charge is 0.467 e. The molecule has 1 aromatic carbocycles. The van der Waals surface area contributed by atoms with E-state index in [-0.39, 0.29) is 36.4 Å². The Labute approximate surface area is 205 Å². The van der Waals surface area contributed by atoms with E-state index in [9.17, 15) is 9.59 Å². The summed E-state index contributed by atoms with van der Waals surface area (Å²) in [6, 6.07) is 3.41. The third kappa shape index (κ3) is 6.04. The van der Waals surface area contributed by atoms with Gasteiger partial charge in [0.25, 0.3) is 0 Å². The monoisotopic (exact) mass is 487 g/mol. The van der Waals surface area contributed by atoms with Gasteiger partial charge in [-0.1, -0.05) is 24.3 Å². The summed E-state index contributed by atoms with van der Waals surface area (Å²) in [5.41, 5.74) is 1.39. The van der Waals surface area contributed by atoms with E-state index in [2.05, 4.69) is 0 Å². The van der Waals surface area contributed by atoms with Crippen molar-refractivity contribution in [3.63, 3.8) is 0 Å². The highest BCUT2D eigenvalue weighted by atomic mass is 16.7. The van der Waals surface area contributed by atoms with Crippen LogP contribution in [0.3, 0.4) is 0 Å². The summed E-state index contributed by atoms with van der Waals surface area (Å²) in [7, 11) is 1.50. The fraction of sp³-hybridized carbons (Fsp3) is 0.538. The Bertz CT molecular complexity index is 1000. The summed E-state index contributed by atoms with van der Waals surface area (Å²) in [5.74, 6) is -0.911. The van der Waals surface area contributed by atoms with Crippen molar-refractivity contribution < 1.29 is 38.0 Å². The number of hydrogen-bond donors (Lipinski definition) is 0. The smallest absolute Gasteiger partial charge is 0.414 e. The molecule has 3 heterocycles. The van der Waals surface area contributed by atoms with Crippen LogP contribution >= 0.6 is 0 Å². The molecule has 0 saturated carbocycles. The Balaban J connectivity index is 1.75. The SMILES string of the molecule is COCOc1cc(N2CCOC2=O)cc2c1C(=O)O[C@@H](C)C/C=C\C[C@H]1OC(C)(C)O[C@H]1CC=C2.